The van der Waals surface area contributed by atoms with Crippen LogP contribution in [-0.2, 0) is 9.53 Å². The van der Waals surface area contributed by atoms with Crippen molar-refractivity contribution in [1.82, 2.24) is 5.32 Å². The number of ether oxygens (including phenoxy) is 2. The van der Waals surface area contributed by atoms with Gasteiger partial charge in [-0.25, -0.2) is 4.79 Å². The zero-order chi connectivity index (χ0) is 13.8. The predicted octanol–water partition coefficient (Wildman–Crippen LogP) is 1.83. The lowest BCUT2D eigenvalue weighted by Gasteiger charge is -2.26. The minimum atomic E-state index is -0.842. The Morgan fingerprint density at radius 3 is 2.61 bits per heavy atom. The molecule has 0 saturated carbocycles. The van der Waals surface area contributed by atoms with Gasteiger partial charge in [0.1, 0.15) is 17.9 Å². The summed E-state index contributed by atoms with van der Waals surface area (Å²) in [5.74, 6) is 0.454. The monoisotopic (exact) mass is 251 g/mol. The Balaban J connectivity index is 2.80. The largest absolute Gasteiger partial charge is 0.491 e. The smallest absolute Gasteiger partial charge is 0.329 e. The SMILES string of the molecule is CNC(C)(COc1cccc(C)c1C)C(=O)OC. The average molecular weight is 251 g/mol. The van der Waals surface area contributed by atoms with E-state index in [-0.39, 0.29) is 12.6 Å². The normalized spacial score (nSPS) is 13.8. The van der Waals surface area contributed by atoms with Crippen LogP contribution >= 0.6 is 0 Å². The molecule has 1 aromatic carbocycles. The Bertz CT molecular complexity index is 431. The number of hydrogen-bond donors (Lipinski definition) is 1. The van der Waals surface area contributed by atoms with Crippen molar-refractivity contribution in [2.24, 2.45) is 0 Å². The molecule has 0 aromatic heterocycles. The second kappa shape index (κ2) is 5.87. The van der Waals surface area contributed by atoms with Crippen molar-refractivity contribution in [2.45, 2.75) is 26.3 Å². The molecule has 0 bridgehead atoms. The van der Waals surface area contributed by atoms with E-state index >= 15 is 0 Å². The van der Waals surface area contributed by atoms with Crippen molar-refractivity contribution in [1.29, 1.82) is 0 Å². The second-order valence-electron chi connectivity index (χ2n) is 4.56. The van der Waals surface area contributed by atoms with E-state index in [9.17, 15) is 4.79 Å². The summed E-state index contributed by atoms with van der Waals surface area (Å²) in [5, 5.41) is 2.93. The van der Waals surface area contributed by atoms with Gasteiger partial charge in [-0.15, -0.1) is 0 Å². The quantitative estimate of drug-likeness (QED) is 0.811. The summed E-state index contributed by atoms with van der Waals surface area (Å²) < 4.78 is 10.5. The zero-order valence-corrected chi connectivity index (χ0v) is 11.7. The Morgan fingerprint density at radius 1 is 1.39 bits per heavy atom. The Kier molecular flexibility index (Phi) is 4.73. The highest BCUT2D eigenvalue weighted by Crippen LogP contribution is 2.21. The van der Waals surface area contributed by atoms with Crippen LogP contribution in [0.3, 0.4) is 0 Å². The molecule has 0 heterocycles. The van der Waals surface area contributed by atoms with Crippen molar-refractivity contribution in [3.05, 3.63) is 29.3 Å². The molecule has 1 unspecified atom stereocenters. The molecule has 4 nitrogen and oxygen atoms in total. The maximum atomic E-state index is 11.7. The highest BCUT2D eigenvalue weighted by molar-refractivity contribution is 5.80. The summed E-state index contributed by atoms with van der Waals surface area (Å²) in [6, 6.07) is 5.86. The lowest BCUT2D eigenvalue weighted by Crippen LogP contribution is -2.52. The molecule has 0 aliphatic heterocycles. The van der Waals surface area contributed by atoms with Gasteiger partial charge in [-0.05, 0) is 45.0 Å². The van der Waals surface area contributed by atoms with Gasteiger partial charge in [-0.1, -0.05) is 12.1 Å². The lowest BCUT2D eigenvalue weighted by atomic mass is 10.0. The molecular weight excluding hydrogens is 230 g/mol. The molecular formula is C14H21NO3. The van der Waals surface area contributed by atoms with E-state index in [0.29, 0.717) is 0 Å². The summed E-state index contributed by atoms with van der Waals surface area (Å²) >= 11 is 0. The van der Waals surface area contributed by atoms with Crippen molar-refractivity contribution in [3.63, 3.8) is 0 Å². The fraction of sp³-hybridized carbons (Fsp3) is 0.500. The average Bonchev–Trinajstić information content (AvgIpc) is 2.39. The first-order chi connectivity index (χ1) is 8.44. The molecule has 1 atom stereocenters. The van der Waals surface area contributed by atoms with Crippen LogP contribution in [-0.4, -0.2) is 32.3 Å². The summed E-state index contributed by atoms with van der Waals surface area (Å²) in [7, 11) is 3.08. The first-order valence-corrected chi connectivity index (χ1v) is 5.91. The fourth-order valence-corrected chi connectivity index (χ4v) is 1.56. The van der Waals surface area contributed by atoms with Gasteiger partial charge in [0.15, 0.2) is 0 Å². The number of nitrogens with one attached hydrogen (secondary N) is 1. The van der Waals surface area contributed by atoms with Crippen molar-refractivity contribution in [3.8, 4) is 5.75 Å². The number of esters is 1. The summed E-state index contributed by atoms with van der Waals surface area (Å²) in [6.07, 6.45) is 0. The minimum absolute atomic E-state index is 0.223. The second-order valence-corrected chi connectivity index (χ2v) is 4.56. The van der Waals surface area contributed by atoms with Crippen molar-refractivity contribution < 1.29 is 14.3 Å². The third kappa shape index (κ3) is 3.01. The third-order valence-electron chi connectivity index (χ3n) is 3.26. The van der Waals surface area contributed by atoms with Gasteiger partial charge in [0.05, 0.1) is 7.11 Å². The molecule has 1 aromatic rings. The van der Waals surface area contributed by atoms with Gasteiger partial charge in [0.2, 0.25) is 0 Å². The zero-order valence-electron chi connectivity index (χ0n) is 11.7. The molecule has 1 rings (SSSR count). The highest BCUT2D eigenvalue weighted by atomic mass is 16.5. The maximum absolute atomic E-state index is 11.7. The fourth-order valence-electron chi connectivity index (χ4n) is 1.56. The van der Waals surface area contributed by atoms with Crippen molar-refractivity contribution >= 4 is 5.97 Å². The molecule has 18 heavy (non-hydrogen) atoms. The van der Waals surface area contributed by atoms with E-state index in [1.165, 1.54) is 7.11 Å². The number of rotatable bonds is 5. The van der Waals surface area contributed by atoms with Gasteiger partial charge in [0.25, 0.3) is 0 Å². The minimum Gasteiger partial charge on any atom is -0.491 e. The molecule has 0 saturated heterocycles. The van der Waals surface area contributed by atoms with E-state index in [1.54, 1.807) is 14.0 Å². The van der Waals surface area contributed by atoms with E-state index in [1.807, 2.05) is 32.0 Å². The molecule has 0 aliphatic rings. The van der Waals surface area contributed by atoms with E-state index in [2.05, 4.69) is 5.32 Å². The number of hydrogen-bond acceptors (Lipinski definition) is 4. The van der Waals surface area contributed by atoms with Gasteiger partial charge in [-0.3, -0.25) is 0 Å². The molecule has 100 valence electrons. The Hall–Kier alpha value is -1.55. The maximum Gasteiger partial charge on any atom is 0.329 e. The van der Waals surface area contributed by atoms with Crippen LogP contribution in [0.4, 0.5) is 0 Å². The number of carbonyl (C=O) groups excluding carboxylic acids is 1. The van der Waals surface area contributed by atoms with Crippen molar-refractivity contribution in [2.75, 3.05) is 20.8 Å². The van der Waals surface area contributed by atoms with Gasteiger partial charge < -0.3 is 14.8 Å². The standard InChI is InChI=1S/C14H21NO3/c1-10-7-6-8-12(11(10)2)18-9-14(3,15-4)13(16)17-5/h6-8,15H,9H2,1-5H3. The topological polar surface area (TPSA) is 47.6 Å². The van der Waals surface area contributed by atoms with E-state index < -0.39 is 5.54 Å². The van der Waals surface area contributed by atoms with Crippen LogP contribution in [0.2, 0.25) is 0 Å². The van der Waals surface area contributed by atoms with Crippen LogP contribution in [0.25, 0.3) is 0 Å². The van der Waals surface area contributed by atoms with Crippen LogP contribution in [0.15, 0.2) is 18.2 Å². The van der Waals surface area contributed by atoms with Crippen LogP contribution in [0.5, 0.6) is 5.75 Å². The first-order valence-electron chi connectivity index (χ1n) is 5.91. The number of likely N-dealkylation sites (N-methyl/N-ethyl adjacent to an activating group) is 1. The molecule has 0 spiro atoms. The predicted molar refractivity (Wildman–Crippen MR) is 70.9 cm³/mol. The van der Waals surface area contributed by atoms with Crippen LogP contribution in [0.1, 0.15) is 18.1 Å². The molecule has 0 aliphatic carbocycles. The number of methoxy groups -OCH3 is 1. The molecule has 0 amide bonds. The summed E-state index contributed by atoms with van der Waals surface area (Å²) in [4.78, 5) is 11.7. The Morgan fingerprint density at radius 2 is 2.06 bits per heavy atom. The van der Waals surface area contributed by atoms with Gasteiger partial charge in [0, 0.05) is 0 Å². The number of aryl methyl sites for hydroxylation is 1. The highest BCUT2D eigenvalue weighted by Gasteiger charge is 2.33. The number of benzene rings is 1. The Labute approximate surface area is 108 Å². The van der Waals surface area contributed by atoms with Gasteiger partial charge >= 0.3 is 5.97 Å². The van der Waals surface area contributed by atoms with Gasteiger partial charge in [-0.2, -0.15) is 0 Å². The molecule has 0 radical (unpaired) electrons. The lowest BCUT2D eigenvalue weighted by molar-refractivity contribution is -0.148. The molecule has 0 fully saturated rings. The summed E-state index contributed by atoms with van der Waals surface area (Å²) in [5.41, 5.74) is 1.41. The van der Waals surface area contributed by atoms with Crippen LogP contribution < -0.4 is 10.1 Å². The van der Waals surface area contributed by atoms with Crippen LogP contribution in [0, 0.1) is 13.8 Å². The third-order valence-corrected chi connectivity index (χ3v) is 3.26. The summed E-state index contributed by atoms with van der Waals surface area (Å²) in [6.45, 7) is 6.00. The number of carbonyl (C=O) groups is 1. The van der Waals surface area contributed by atoms with E-state index in [0.717, 1.165) is 16.9 Å². The molecule has 4 heteroatoms. The molecule has 1 N–H and O–H groups in total. The van der Waals surface area contributed by atoms with E-state index in [4.69, 9.17) is 9.47 Å². The first kappa shape index (κ1) is 14.5.